The summed E-state index contributed by atoms with van der Waals surface area (Å²) in [6.45, 7) is 0. The minimum Gasteiger partial charge on any atom is -2.00 e. The first-order valence-corrected chi connectivity index (χ1v) is 0. The van der Waals surface area contributed by atoms with Crippen LogP contribution >= 0.6 is 0 Å². The first-order valence-electron chi connectivity index (χ1n) is 0. The van der Waals surface area contributed by atoms with Gasteiger partial charge in [0.15, 0.2) is 0 Å². The molecule has 0 fully saturated rings. The third-order valence-corrected chi connectivity index (χ3v) is 0. The van der Waals surface area contributed by atoms with Gasteiger partial charge in [-0.3, -0.25) is 0 Å². The second kappa shape index (κ2) is 32.5. The topological polar surface area (TPSA) is 57.0 Å². The van der Waals surface area contributed by atoms with Crippen LogP contribution in [0.3, 0.4) is 0 Å². The van der Waals surface area contributed by atoms with Gasteiger partial charge in [-0.25, -0.2) is 0 Å². The molecule has 0 spiro atoms. The molecule has 0 atom stereocenters. The van der Waals surface area contributed by atoms with Gasteiger partial charge in [0.05, 0.1) is 0 Å². The fourth-order valence-electron chi connectivity index (χ4n) is 0. The molecule has 0 aliphatic carbocycles. The van der Waals surface area contributed by atoms with E-state index in [-0.39, 0.29) is 48.4 Å². The molecule has 0 rings (SSSR count). The Labute approximate surface area is 48.6 Å². The van der Waals surface area contributed by atoms with Crippen LogP contribution in [0.1, 0.15) is 0 Å². The van der Waals surface area contributed by atoms with Gasteiger partial charge >= 0.3 is 37.4 Å². The van der Waals surface area contributed by atoms with Crippen molar-refractivity contribution in [1.82, 2.24) is 0 Å². The summed E-state index contributed by atoms with van der Waals surface area (Å²) in [6, 6.07) is 0. The van der Waals surface area contributed by atoms with Gasteiger partial charge in [-0.05, 0) is 0 Å². The van der Waals surface area contributed by atoms with Crippen molar-refractivity contribution in [2.75, 3.05) is 0 Å². The van der Waals surface area contributed by atoms with Crippen LogP contribution < -0.4 is 18.9 Å². The van der Waals surface area contributed by atoms with E-state index in [9.17, 15) is 0 Å². The van der Waals surface area contributed by atoms with Gasteiger partial charge in [0.1, 0.15) is 0 Å². The van der Waals surface area contributed by atoms with E-state index in [0.29, 0.717) is 0 Å². The summed E-state index contributed by atoms with van der Waals surface area (Å²) >= 11 is 0. The van der Waals surface area contributed by atoms with Crippen molar-refractivity contribution in [2.45, 2.75) is 0 Å². The zero-order valence-electron chi connectivity index (χ0n) is 2.26. The van der Waals surface area contributed by atoms with Crippen LogP contribution in [0.2, 0.25) is 0 Å². The summed E-state index contributed by atoms with van der Waals surface area (Å²) in [4.78, 5) is 0. The molecule has 0 aromatic rings. The Balaban J connectivity index is 0. The zero-order valence-corrected chi connectivity index (χ0v) is 3.66. The molecule has 0 aliphatic rings. The maximum absolute atomic E-state index is 0. The molecular formula is LiO2V. The SMILES string of the molecule is [Li+].[O-2].[O-2].[V+3]. The number of rotatable bonds is 0. The maximum Gasteiger partial charge on any atom is 3.00 e. The van der Waals surface area contributed by atoms with E-state index in [2.05, 4.69) is 0 Å². The van der Waals surface area contributed by atoms with Crippen molar-refractivity contribution in [3.8, 4) is 0 Å². The summed E-state index contributed by atoms with van der Waals surface area (Å²) in [5, 5.41) is 0. The molecule has 0 radical (unpaired) electrons. The fraction of sp³-hybridized carbons (Fsp3) is 0. The molecule has 0 unspecified atom stereocenters. The fourth-order valence-corrected chi connectivity index (χ4v) is 0. The van der Waals surface area contributed by atoms with Crippen molar-refractivity contribution in [2.24, 2.45) is 0 Å². The van der Waals surface area contributed by atoms with E-state index in [0.717, 1.165) is 0 Å². The largest absolute Gasteiger partial charge is 3.00 e. The molecule has 18 valence electrons. The Morgan fingerprint density at radius 3 is 0.750 bits per heavy atom. The average Bonchev–Trinajstić information content (AvgIpc) is 0. The minimum absolute atomic E-state index is 0. The standard InChI is InChI=1S/Li.2O.V/q+1;2*-2;+3. The van der Waals surface area contributed by atoms with Crippen LogP contribution in [0.25, 0.3) is 0 Å². The van der Waals surface area contributed by atoms with Gasteiger partial charge < -0.3 is 11.0 Å². The van der Waals surface area contributed by atoms with E-state index < -0.39 is 0 Å². The second-order valence-corrected chi connectivity index (χ2v) is 0. The molecule has 0 N–H and O–H groups in total. The van der Waals surface area contributed by atoms with E-state index in [1.54, 1.807) is 0 Å². The molecule has 0 aromatic heterocycles. The molecule has 4 heteroatoms. The van der Waals surface area contributed by atoms with Crippen molar-refractivity contribution in [3.05, 3.63) is 0 Å². The molecule has 0 saturated carbocycles. The van der Waals surface area contributed by atoms with Crippen molar-refractivity contribution in [1.29, 1.82) is 0 Å². The Kier molecular flexibility index (Phi) is 575. The molecule has 0 aromatic carbocycles. The molecule has 0 bridgehead atoms. The molecular weight excluding hydrogens is 89.9 g/mol. The van der Waals surface area contributed by atoms with Crippen molar-refractivity contribution < 1.29 is 48.4 Å². The van der Waals surface area contributed by atoms with E-state index >= 15 is 0 Å². The second-order valence-electron chi connectivity index (χ2n) is 0. The van der Waals surface area contributed by atoms with Crippen LogP contribution in [-0.4, -0.2) is 0 Å². The van der Waals surface area contributed by atoms with Gasteiger partial charge in [-0.15, -0.1) is 0 Å². The third kappa shape index (κ3) is 11.3. The summed E-state index contributed by atoms with van der Waals surface area (Å²) in [5.41, 5.74) is 0. The summed E-state index contributed by atoms with van der Waals surface area (Å²) in [6.07, 6.45) is 0. The summed E-state index contributed by atoms with van der Waals surface area (Å²) < 4.78 is 0. The minimum atomic E-state index is 0. The van der Waals surface area contributed by atoms with Gasteiger partial charge in [-0.2, -0.15) is 0 Å². The molecule has 0 aliphatic heterocycles. The zero-order chi connectivity index (χ0) is 0. The van der Waals surface area contributed by atoms with Gasteiger partial charge in [0.25, 0.3) is 0 Å². The Morgan fingerprint density at radius 1 is 0.750 bits per heavy atom. The molecule has 4 heavy (non-hydrogen) atoms. The third-order valence-electron chi connectivity index (χ3n) is 0. The normalized spacial score (nSPS) is 0. The molecule has 0 amide bonds. The smallest absolute Gasteiger partial charge is 2.00 e. The predicted molar refractivity (Wildman–Crippen MR) is 1.37 cm³/mol. The summed E-state index contributed by atoms with van der Waals surface area (Å²) in [5.74, 6) is 0. The molecule has 0 saturated heterocycles. The van der Waals surface area contributed by atoms with E-state index in [4.69, 9.17) is 0 Å². The van der Waals surface area contributed by atoms with Crippen molar-refractivity contribution in [3.63, 3.8) is 0 Å². The van der Waals surface area contributed by atoms with Crippen LogP contribution in [0.4, 0.5) is 0 Å². The van der Waals surface area contributed by atoms with Crippen molar-refractivity contribution >= 4 is 0 Å². The van der Waals surface area contributed by atoms with E-state index in [1.165, 1.54) is 0 Å². The summed E-state index contributed by atoms with van der Waals surface area (Å²) in [7, 11) is 0. The van der Waals surface area contributed by atoms with Gasteiger partial charge in [0.2, 0.25) is 0 Å². The number of hydrogen-bond acceptors (Lipinski definition) is 0. The molecule has 0 heterocycles. The Bertz CT molecular complexity index is 6.00. The van der Waals surface area contributed by atoms with E-state index in [1.807, 2.05) is 0 Å². The van der Waals surface area contributed by atoms with Crippen LogP contribution in [-0.2, 0) is 29.5 Å². The van der Waals surface area contributed by atoms with Gasteiger partial charge in [0, 0.05) is 0 Å². The maximum atomic E-state index is 0. The van der Waals surface area contributed by atoms with Crippen LogP contribution in [0.15, 0.2) is 0 Å². The first-order chi connectivity index (χ1) is 0. The monoisotopic (exact) mass is 89.9 g/mol. The number of hydrogen-bond donors (Lipinski definition) is 0. The van der Waals surface area contributed by atoms with Crippen LogP contribution in [0, 0.1) is 0 Å². The molecule has 2 nitrogen and oxygen atoms in total. The van der Waals surface area contributed by atoms with Gasteiger partial charge in [-0.1, -0.05) is 0 Å². The Morgan fingerprint density at radius 2 is 0.750 bits per heavy atom. The average molecular weight is 89.9 g/mol. The predicted octanol–water partition coefficient (Wildman–Crippen LogP) is -3.24. The quantitative estimate of drug-likeness (QED) is 0.281. The Hall–Kier alpha value is 1.10. The first kappa shape index (κ1) is 70.7. The van der Waals surface area contributed by atoms with Crippen LogP contribution in [0.5, 0.6) is 0 Å².